The van der Waals surface area contributed by atoms with Crippen molar-refractivity contribution in [1.29, 1.82) is 0 Å². The quantitative estimate of drug-likeness (QED) is 0.856. The molecule has 104 valence electrons. The summed E-state index contributed by atoms with van der Waals surface area (Å²) in [6.07, 6.45) is 0.781. The fourth-order valence-corrected chi connectivity index (χ4v) is 1.33. The van der Waals surface area contributed by atoms with E-state index in [2.05, 4.69) is 10.3 Å². The van der Waals surface area contributed by atoms with Gasteiger partial charge in [-0.05, 0) is 20.8 Å². The smallest absolute Gasteiger partial charge is 0.408 e. The van der Waals surface area contributed by atoms with Crippen molar-refractivity contribution in [3.8, 4) is 0 Å². The number of alkyl carbamates (subject to hydrolysis) is 1. The third kappa shape index (κ3) is 4.27. The summed E-state index contributed by atoms with van der Waals surface area (Å²) in [6.45, 7) is 4.86. The molecule has 0 aliphatic heterocycles. The zero-order valence-electron chi connectivity index (χ0n) is 10.7. The summed E-state index contributed by atoms with van der Waals surface area (Å²) in [5.41, 5.74) is -1.36. The fourth-order valence-electron chi connectivity index (χ4n) is 1.33. The number of rotatable bonds is 3. The van der Waals surface area contributed by atoms with E-state index in [1.165, 1.54) is 0 Å². The number of carbonyl (C=O) groups is 2. The Bertz CT molecular complexity index is 466. The second-order valence-corrected chi connectivity index (χ2v) is 4.78. The molecule has 0 aromatic carbocycles. The van der Waals surface area contributed by atoms with Crippen LogP contribution in [0.15, 0.2) is 12.4 Å². The van der Waals surface area contributed by atoms with Gasteiger partial charge in [0.1, 0.15) is 29.6 Å². The van der Waals surface area contributed by atoms with E-state index in [-0.39, 0.29) is 6.29 Å². The molecule has 1 aromatic rings. The third-order valence-electron chi connectivity index (χ3n) is 2.01. The number of ether oxygens (including phenoxy) is 1. The van der Waals surface area contributed by atoms with Crippen LogP contribution in [0.1, 0.15) is 32.4 Å². The summed E-state index contributed by atoms with van der Waals surface area (Å²) in [6, 6.07) is -1.47. The van der Waals surface area contributed by atoms with E-state index in [0.717, 1.165) is 12.4 Å². The van der Waals surface area contributed by atoms with E-state index in [4.69, 9.17) is 4.74 Å². The summed E-state index contributed by atoms with van der Waals surface area (Å²) >= 11 is 0. The van der Waals surface area contributed by atoms with Crippen molar-refractivity contribution in [1.82, 2.24) is 10.3 Å². The first kappa shape index (κ1) is 15.0. The number of amides is 1. The third-order valence-corrected chi connectivity index (χ3v) is 2.01. The average molecular weight is 272 g/mol. The van der Waals surface area contributed by atoms with E-state index in [1.54, 1.807) is 20.8 Å². The minimum Gasteiger partial charge on any atom is -0.444 e. The Hall–Kier alpha value is -2.05. The highest BCUT2D eigenvalue weighted by Crippen LogP contribution is 2.19. The van der Waals surface area contributed by atoms with E-state index in [9.17, 15) is 18.4 Å². The van der Waals surface area contributed by atoms with Gasteiger partial charge in [0.2, 0.25) is 0 Å². The largest absolute Gasteiger partial charge is 0.444 e. The van der Waals surface area contributed by atoms with E-state index >= 15 is 0 Å². The van der Waals surface area contributed by atoms with Crippen molar-refractivity contribution in [3.63, 3.8) is 0 Å². The van der Waals surface area contributed by atoms with Gasteiger partial charge < -0.3 is 14.8 Å². The average Bonchev–Trinajstić information content (AvgIpc) is 2.24. The molecule has 1 unspecified atom stereocenters. The van der Waals surface area contributed by atoms with Crippen LogP contribution in [0.2, 0.25) is 0 Å². The molecule has 19 heavy (non-hydrogen) atoms. The van der Waals surface area contributed by atoms with Gasteiger partial charge in [0.05, 0.1) is 18.0 Å². The SMILES string of the molecule is CC(C)(C)OC(=O)NC(C=O)c1c(F)cncc1F. The molecule has 5 nitrogen and oxygen atoms in total. The Kier molecular flexibility index (Phi) is 4.52. The standard InChI is InChI=1S/C12H14F2N2O3/c1-12(2,3)19-11(18)16-9(6-17)10-7(13)4-15-5-8(10)14/h4-6,9H,1-3H3,(H,16,18). The summed E-state index contributed by atoms with van der Waals surface area (Å²) < 4.78 is 31.7. The Labute approximate surface area is 109 Å². The highest BCUT2D eigenvalue weighted by molar-refractivity contribution is 5.74. The van der Waals surface area contributed by atoms with Gasteiger partial charge in [0.15, 0.2) is 0 Å². The number of pyridine rings is 1. The van der Waals surface area contributed by atoms with Crippen molar-refractivity contribution in [3.05, 3.63) is 29.6 Å². The zero-order valence-corrected chi connectivity index (χ0v) is 10.7. The highest BCUT2D eigenvalue weighted by atomic mass is 19.1. The van der Waals surface area contributed by atoms with Crippen molar-refractivity contribution >= 4 is 12.4 Å². The molecule has 0 fully saturated rings. The molecule has 0 aliphatic carbocycles. The topological polar surface area (TPSA) is 68.3 Å². The molecule has 0 saturated heterocycles. The normalized spacial score (nSPS) is 12.7. The van der Waals surface area contributed by atoms with Gasteiger partial charge in [0.25, 0.3) is 0 Å². The Balaban J connectivity index is 2.91. The van der Waals surface area contributed by atoms with Crippen molar-refractivity contribution < 1.29 is 23.1 Å². The molecule has 7 heteroatoms. The number of aromatic nitrogens is 1. The van der Waals surface area contributed by atoms with E-state index in [0.29, 0.717) is 0 Å². The number of aldehydes is 1. The van der Waals surface area contributed by atoms with Crippen LogP contribution in [0.25, 0.3) is 0 Å². The molecule has 1 heterocycles. The first-order valence-electron chi connectivity index (χ1n) is 5.48. The summed E-state index contributed by atoms with van der Waals surface area (Å²) in [4.78, 5) is 25.6. The Morgan fingerprint density at radius 1 is 1.37 bits per heavy atom. The number of hydrogen-bond acceptors (Lipinski definition) is 4. The predicted molar refractivity (Wildman–Crippen MR) is 62.3 cm³/mol. The van der Waals surface area contributed by atoms with Gasteiger partial charge in [-0.1, -0.05) is 0 Å². The lowest BCUT2D eigenvalue weighted by molar-refractivity contribution is -0.109. The van der Waals surface area contributed by atoms with Crippen LogP contribution in [-0.4, -0.2) is 23.0 Å². The summed E-state index contributed by atoms with van der Waals surface area (Å²) in [5, 5.41) is 2.08. The molecule has 0 saturated carbocycles. The molecule has 1 rings (SSSR count). The fraction of sp³-hybridized carbons (Fsp3) is 0.417. The van der Waals surface area contributed by atoms with Crippen LogP contribution in [0.5, 0.6) is 0 Å². The number of carbonyl (C=O) groups excluding carboxylic acids is 2. The number of hydrogen-bond donors (Lipinski definition) is 1. The molecule has 1 N–H and O–H groups in total. The molecule has 0 radical (unpaired) electrons. The molecule has 1 amide bonds. The van der Waals surface area contributed by atoms with Crippen LogP contribution >= 0.6 is 0 Å². The van der Waals surface area contributed by atoms with Gasteiger partial charge in [-0.25, -0.2) is 13.6 Å². The van der Waals surface area contributed by atoms with Crippen molar-refractivity contribution in [2.24, 2.45) is 0 Å². The first-order chi connectivity index (χ1) is 8.74. The predicted octanol–water partition coefficient (Wildman–Crippen LogP) is 2.12. The van der Waals surface area contributed by atoms with Gasteiger partial charge in [-0.2, -0.15) is 0 Å². The second kappa shape index (κ2) is 5.73. The van der Waals surface area contributed by atoms with E-state index < -0.39 is 34.9 Å². The molecule has 1 atom stereocenters. The summed E-state index contributed by atoms with van der Waals surface area (Å²) in [7, 11) is 0. The van der Waals surface area contributed by atoms with Gasteiger partial charge in [-0.15, -0.1) is 0 Å². The molecular weight excluding hydrogens is 258 g/mol. The van der Waals surface area contributed by atoms with Gasteiger partial charge in [0, 0.05) is 0 Å². The van der Waals surface area contributed by atoms with Crippen LogP contribution in [0.4, 0.5) is 13.6 Å². The van der Waals surface area contributed by atoms with Gasteiger partial charge >= 0.3 is 6.09 Å². The molecule has 0 bridgehead atoms. The molecule has 0 aliphatic rings. The van der Waals surface area contributed by atoms with Crippen molar-refractivity contribution in [2.75, 3.05) is 0 Å². The summed E-state index contributed by atoms with van der Waals surface area (Å²) in [5.74, 6) is -2.04. The first-order valence-corrected chi connectivity index (χ1v) is 5.48. The maximum Gasteiger partial charge on any atom is 0.408 e. The number of nitrogens with zero attached hydrogens (tertiary/aromatic N) is 1. The zero-order chi connectivity index (χ0) is 14.6. The maximum atomic E-state index is 13.4. The van der Waals surface area contributed by atoms with Crippen LogP contribution in [0.3, 0.4) is 0 Å². The maximum absolute atomic E-state index is 13.4. The minimum absolute atomic E-state index is 0.214. The molecule has 1 aromatic heterocycles. The molecular formula is C12H14F2N2O3. The van der Waals surface area contributed by atoms with Crippen LogP contribution in [-0.2, 0) is 9.53 Å². The highest BCUT2D eigenvalue weighted by Gasteiger charge is 2.24. The van der Waals surface area contributed by atoms with Crippen LogP contribution in [0, 0.1) is 11.6 Å². The number of halogens is 2. The lowest BCUT2D eigenvalue weighted by atomic mass is 10.1. The van der Waals surface area contributed by atoms with Crippen LogP contribution < -0.4 is 5.32 Å². The Morgan fingerprint density at radius 2 is 1.89 bits per heavy atom. The molecule has 0 spiro atoms. The second-order valence-electron chi connectivity index (χ2n) is 4.78. The van der Waals surface area contributed by atoms with Gasteiger partial charge in [-0.3, -0.25) is 4.98 Å². The number of nitrogens with one attached hydrogen (secondary N) is 1. The Morgan fingerprint density at radius 3 is 2.32 bits per heavy atom. The monoisotopic (exact) mass is 272 g/mol. The minimum atomic E-state index is -1.47. The van der Waals surface area contributed by atoms with Crippen molar-refractivity contribution in [2.45, 2.75) is 32.4 Å². The lowest BCUT2D eigenvalue weighted by Crippen LogP contribution is -2.36. The lowest BCUT2D eigenvalue weighted by Gasteiger charge is -2.21. The van der Waals surface area contributed by atoms with E-state index in [1.807, 2.05) is 0 Å².